The van der Waals surface area contributed by atoms with Gasteiger partial charge in [0.15, 0.2) is 0 Å². The average molecular weight is 309 g/mol. The van der Waals surface area contributed by atoms with E-state index >= 15 is 0 Å². The van der Waals surface area contributed by atoms with Crippen LogP contribution in [0, 0.1) is 13.0 Å². The molecule has 14 heavy (non-hydrogen) atoms. The van der Waals surface area contributed by atoms with Gasteiger partial charge in [0.2, 0.25) is 0 Å². The normalized spacial score (nSPS) is 8.93. The first kappa shape index (κ1) is 14.1. The molecular formula is C11H15BrOZn. The molecule has 0 amide bonds. The summed E-state index contributed by atoms with van der Waals surface area (Å²) >= 11 is 4.25. The first-order chi connectivity index (χ1) is 6.83. The Bertz CT molecular complexity index is 240. The Balaban J connectivity index is 0.000000791. The summed E-state index contributed by atoms with van der Waals surface area (Å²) in [5, 5.41) is 0. The Hall–Kier alpha value is 0.123. The third-order valence-electron chi connectivity index (χ3n) is 1.68. The Morgan fingerprint density at radius 1 is 1.50 bits per heavy atom. The van der Waals surface area contributed by atoms with Crippen molar-refractivity contribution in [2.45, 2.75) is 26.7 Å². The van der Waals surface area contributed by atoms with Crippen LogP contribution in [0.15, 0.2) is 18.2 Å². The molecule has 0 aromatic heterocycles. The van der Waals surface area contributed by atoms with Crippen LogP contribution in [0.4, 0.5) is 0 Å². The summed E-state index contributed by atoms with van der Waals surface area (Å²) < 4.78 is 5.51. The van der Waals surface area contributed by atoms with Crippen LogP contribution in [0.3, 0.4) is 0 Å². The summed E-state index contributed by atoms with van der Waals surface area (Å²) in [5.41, 5.74) is 1.13. The van der Waals surface area contributed by atoms with Gasteiger partial charge in [-0.15, -0.1) is 12.1 Å². The van der Waals surface area contributed by atoms with Crippen LogP contribution in [0.25, 0.3) is 0 Å². The topological polar surface area (TPSA) is 9.23 Å². The Morgan fingerprint density at radius 3 is 2.79 bits per heavy atom. The molecule has 74 valence electrons. The van der Waals surface area contributed by atoms with E-state index in [1.165, 1.54) is 22.8 Å². The summed E-state index contributed by atoms with van der Waals surface area (Å²) in [4.78, 5) is 0. The van der Waals surface area contributed by atoms with Gasteiger partial charge in [0.05, 0.1) is 6.61 Å². The number of ether oxygens (including phenoxy) is 1. The van der Waals surface area contributed by atoms with Gasteiger partial charge in [-0.2, -0.15) is 17.7 Å². The van der Waals surface area contributed by atoms with Crippen molar-refractivity contribution in [3.05, 3.63) is 29.8 Å². The monoisotopic (exact) mass is 306 g/mol. The number of halogens is 1. The molecule has 0 saturated heterocycles. The zero-order chi connectivity index (χ0) is 10.8. The molecule has 0 saturated carbocycles. The fraction of sp³-hybridized carbons (Fsp3) is 0.455. The van der Waals surface area contributed by atoms with E-state index in [1.807, 2.05) is 25.1 Å². The molecule has 0 spiro atoms. The summed E-state index contributed by atoms with van der Waals surface area (Å²) in [5.74, 6) is 0.958. The van der Waals surface area contributed by atoms with Gasteiger partial charge in [0, 0.05) is 5.75 Å². The SMILES string of the molecule is CCCCOc1cc[c-]c(C)c1.[Zn+][Br]. The van der Waals surface area contributed by atoms with E-state index in [0.717, 1.165) is 24.3 Å². The van der Waals surface area contributed by atoms with Crippen molar-refractivity contribution in [2.75, 3.05) is 6.61 Å². The van der Waals surface area contributed by atoms with E-state index in [9.17, 15) is 0 Å². The fourth-order valence-corrected chi connectivity index (χ4v) is 0.983. The third kappa shape index (κ3) is 6.56. The summed E-state index contributed by atoms with van der Waals surface area (Å²) in [6, 6.07) is 8.94. The molecule has 0 N–H and O–H groups in total. The van der Waals surface area contributed by atoms with Crippen LogP contribution in [-0.4, -0.2) is 6.61 Å². The minimum absolute atomic E-state index is 0.819. The molecule has 0 unspecified atom stereocenters. The minimum atomic E-state index is 0.819. The van der Waals surface area contributed by atoms with Gasteiger partial charge in [-0.1, -0.05) is 20.3 Å². The van der Waals surface area contributed by atoms with Crippen molar-refractivity contribution in [2.24, 2.45) is 0 Å². The second kappa shape index (κ2) is 9.67. The summed E-state index contributed by atoms with van der Waals surface area (Å²) in [6.07, 6.45) is 2.30. The van der Waals surface area contributed by atoms with Crippen molar-refractivity contribution < 1.29 is 21.1 Å². The van der Waals surface area contributed by atoms with E-state index in [1.54, 1.807) is 0 Å². The first-order valence-electron chi connectivity index (χ1n) is 4.71. The predicted octanol–water partition coefficient (Wildman–Crippen LogP) is 3.82. The fourth-order valence-electron chi connectivity index (χ4n) is 0.983. The van der Waals surface area contributed by atoms with Crippen LogP contribution < -0.4 is 4.74 Å². The maximum absolute atomic E-state index is 5.51. The second-order valence-corrected chi connectivity index (χ2v) is 2.91. The van der Waals surface area contributed by atoms with E-state index in [-0.39, 0.29) is 0 Å². The van der Waals surface area contributed by atoms with Crippen molar-refractivity contribution in [3.8, 4) is 5.75 Å². The maximum atomic E-state index is 5.51. The molecule has 0 radical (unpaired) electrons. The number of aryl methyl sites for hydroxylation is 1. The van der Waals surface area contributed by atoms with E-state index < -0.39 is 0 Å². The van der Waals surface area contributed by atoms with Crippen LogP contribution >= 0.6 is 13.6 Å². The molecule has 0 heterocycles. The molecule has 0 bridgehead atoms. The van der Waals surface area contributed by atoms with Crippen molar-refractivity contribution in [3.63, 3.8) is 0 Å². The zero-order valence-corrected chi connectivity index (χ0v) is 13.4. The Morgan fingerprint density at radius 2 is 2.21 bits per heavy atom. The van der Waals surface area contributed by atoms with E-state index in [2.05, 4.69) is 26.6 Å². The average Bonchev–Trinajstić information content (AvgIpc) is 2.21. The van der Waals surface area contributed by atoms with Gasteiger partial charge in [0.25, 0.3) is 0 Å². The Labute approximate surface area is 103 Å². The van der Waals surface area contributed by atoms with Crippen LogP contribution in [-0.2, 0) is 16.3 Å². The van der Waals surface area contributed by atoms with E-state index in [0.29, 0.717) is 0 Å². The molecule has 0 aliphatic carbocycles. The zero-order valence-electron chi connectivity index (χ0n) is 8.85. The van der Waals surface area contributed by atoms with Gasteiger partial charge in [0.1, 0.15) is 0 Å². The van der Waals surface area contributed by atoms with Gasteiger partial charge in [-0.05, 0) is 6.42 Å². The van der Waals surface area contributed by atoms with Crippen LogP contribution in [0.1, 0.15) is 25.3 Å². The molecule has 0 aliphatic rings. The van der Waals surface area contributed by atoms with Gasteiger partial charge >= 0.3 is 30.0 Å². The molecule has 1 rings (SSSR count). The number of rotatable bonds is 4. The van der Waals surface area contributed by atoms with Gasteiger partial charge in [-0.3, -0.25) is 0 Å². The molecule has 3 heteroatoms. The molecule has 1 aromatic carbocycles. The second-order valence-electron chi connectivity index (χ2n) is 2.91. The number of hydrogen-bond acceptors (Lipinski definition) is 1. The Kier molecular flexibility index (Phi) is 9.75. The van der Waals surface area contributed by atoms with Crippen LogP contribution in [0.2, 0.25) is 0 Å². The molecule has 0 atom stereocenters. The number of hydrogen-bond donors (Lipinski definition) is 0. The summed E-state index contributed by atoms with van der Waals surface area (Å²) in [7, 11) is 0. The van der Waals surface area contributed by atoms with Crippen LogP contribution in [0.5, 0.6) is 5.75 Å². The first-order valence-corrected chi connectivity index (χ1v) is 11.7. The van der Waals surface area contributed by atoms with Crippen molar-refractivity contribution in [1.82, 2.24) is 0 Å². The number of unbranched alkanes of at least 4 members (excludes halogenated alkanes) is 1. The van der Waals surface area contributed by atoms with Crippen molar-refractivity contribution in [1.29, 1.82) is 0 Å². The molecule has 0 aliphatic heterocycles. The molecule has 1 aromatic rings. The standard InChI is InChI=1S/C11H15O.BrH.Zn/c1-3-4-8-12-11-7-5-6-10(2)9-11;;/h5,7,9H,3-4,8H2,1-2H3;1H;/q-1;;+2/p-1. The summed E-state index contributed by atoms with van der Waals surface area (Å²) in [6.45, 7) is 5.00. The quantitative estimate of drug-likeness (QED) is 0.467. The predicted molar refractivity (Wildman–Crippen MR) is 59.3 cm³/mol. The molecule has 1 nitrogen and oxygen atoms in total. The van der Waals surface area contributed by atoms with E-state index in [4.69, 9.17) is 4.74 Å². The van der Waals surface area contributed by atoms with Crippen molar-refractivity contribution >= 4 is 13.6 Å². The van der Waals surface area contributed by atoms with Gasteiger partial charge in [-0.25, -0.2) is 0 Å². The molecular weight excluding hydrogens is 293 g/mol. The number of benzene rings is 1. The van der Waals surface area contributed by atoms with Gasteiger partial charge < -0.3 is 4.74 Å². The third-order valence-corrected chi connectivity index (χ3v) is 1.68. The molecule has 0 fully saturated rings.